The van der Waals surface area contributed by atoms with E-state index >= 15 is 0 Å². The summed E-state index contributed by atoms with van der Waals surface area (Å²) in [5.74, 6) is 0. The molecule has 0 radical (unpaired) electrons. The number of hydrogen-bond acceptors (Lipinski definition) is 3. The predicted molar refractivity (Wildman–Crippen MR) is 84.3 cm³/mol. The van der Waals surface area contributed by atoms with Gasteiger partial charge in [-0.3, -0.25) is 0 Å². The Bertz CT molecular complexity index is 579. The van der Waals surface area contributed by atoms with Crippen molar-refractivity contribution in [2.45, 2.75) is 26.1 Å². The number of likely N-dealkylation sites (N-methyl/N-ethyl adjacent to an activating group) is 1. The summed E-state index contributed by atoms with van der Waals surface area (Å²) in [6.07, 6.45) is 4.93. The van der Waals surface area contributed by atoms with Crippen molar-refractivity contribution in [1.82, 2.24) is 19.8 Å². The zero-order valence-corrected chi connectivity index (χ0v) is 12.9. The predicted octanol–water partition coefficient (Wildman–Crippen LogP) is 1.45. The standard InChI is InChI=1S/C16H22N4O2/c1-13(21)10-19(2)16(22)18-9-14-3-5-15(6-4-14)11-20-8-7-17-12-20/h3-8,12-13,21H,9-11H2,1-2H3,(H,18,22). The Balaban J connectivity index is 1.82. The van der Waals surface area contributed by atoms with Crippen LogP contribution in [0.5, 0.6) is 0 Å². The van der Waals surface area contributed by atoms with Gasteiger partial charge in [0.25, 0.3) is 0 Å². The Morgan fingerprint density at radius 2 is 2.05 bits per heavy atom. The summed E-state index contributed by atoms with van der Waals surface area (Å²) in [5.41, 5.74) is 2.22. The Labute approximate surface area is 130 Å². The summed E-state index contributed by atoms with van der Waals surface area (Å²) >= 11 is 0. The molecule has 1 atom stereocenters. The molecule has 1 aromatic carbocycles. The van der Waals surface area contributed by atoms with Gasteiger partial charge < -0.3 is 19.9 Å². The third-order valence-corrected chi connectivity index (χ3v) is 3.28. The van der Waals surface area contributed by atoms with E-state index in [1.165, 1.54) is 10.5 Å². The average molecular weight is 302 g/mol. The molecule has 2 aromatic rings. The maximum Gasteiger partial charge on any atom is 0.317 e. The molecule has 0 saturated heterocycles. The number of rotatable bonds is 6. The molecular formula is C16H22N4O2. The zero-order chi connectivity index (χ0) is 15.9. The lowest BCUT2D eigenvalue weighted by molar-refractivity contribution is 0.143. The van der Waals surface area contributed by atoms with Crippen LogP contribution >= 0.6 is 0 Å². The maximum atomic E-state index is 11.8. The molecule has 2 rings (SSSR count). The van der Waals surface area contributed by atoms with Crippen LogP contribution < -0.4 is 5.32 Å². The molecule has 0 fully saturated rings. The van der Waals surface area contributed by atoms with Gasteiger partial charge in [-0.05, 0) is 18.1 Å². The summed E-state index contributed by atoms with van der Waals surface area (Å²) in [6, 6.07) is 7.90. The van der Waals surface area contributed by atoms with E-state index < -0.39 is 6.10 Å². The lowest BCUT2D eigenvalue weighted by Gasteiger charge is -2.19. The van der Waals surface area contributed by atoms with E-state index in [2.05, 4.69) is 10.3 Å². The Morgan fingerprint density at radius 1 is 1.36 bits per heavy atom. The largest absolute Gasteiger partial charge is 0.392 e. The summed E-state index contributed by atoms with van der Waals surface area (Å²) in [7, 11) is 1.66. The molecule has 6 heteroatoms. The van der Waals surface area contributed by atoms with E-state index in [4.69, 9.17) is 0 Å². The lowest BCUT2D eigenvalue weighted by Crippen LogP contribution is -2.40. The van der Waals surface area contributed by atoms with Gasteiger partial charge in [-0.25, -0.2) is 9.78 Å². The third kappa shape index (κ3) is 4.89. The molecule has 6 nitrogen and oxygen atoms in total. The fraction of sp³-hybridized carbons (Fsp3) is 0.375. The van der Waals surface area contributed by atoms with Crippen LogP contribution in [0.25, 0.3) is 0 Å². The number of aliphatic hydroxyl groups excluding tert-OH is 1. The molecule has 1 unspecified atom stereocenters. The number of benzene rings is 1. The topological polar surface area (TPSA) is 70.4 Å². The van der Waals surface area contributed by atoms with Gasteiger partial charge in [0, 0.05) is 39.1 Å². The number of nitrogens with zero attached hydrogens (tertiary/aromatic N) is 3. The SMILES string of the molecule is CC(O)CN(C)C(=O)NCc1ccc(Cn2ccnc2)cc1. The molecule has 2 amide bonds. The molecule has 0 spiro atoms. The minimum absolute atomic E-state index is 0.191. The quantitative estimate of drug-likeness (QED) is 0.848. The van der Waals surface area contributed by atoms with Crippen molar-refractivity contribution < 1.29 is 9.90 Å². The molecule has 0 aliphatic rings. The van der Waals surface area contributed by atoms with Crippen molar-refractivity contribution in [3.8, 4) is 0 Å². The first kappa shape index (κ1) is 16.0. The van der Waals surface area contributed by atoms with Crippen LogP contribution in [-0.2, 0) is 13.1 Å². The number of carbonyl (C=O) groups excluding carboxylic acids is 1. The Morgan fingerprint density at radius 3 is 2.64 bits per heavy atom. The van der Waals surface area contributed by atoms with Crippen LogP contribution in [0.3, 0.4) is 0 Å². The molecule has 22 heavy (non-hydrogen) atoms. The van der Waals surface area contributed by atoms with Crippen LogP contribution in [-0.4, -0.2) is 45.3 Å². The second-order valence-electron chi connectivity index (χ2n) is 5.44. The van der Waals surface area contributed by atoms with E-state index in [0.717, 1.165) is 12.1 Å². The molecule has 0 aliphatic heterocycles. The Hall–Kier alpha value is -2.34. The highest BCUT2D eigenvalue weighted by atomic mass is 16.3. The van der Waals surface area contributed by atoms with Gasteiger partial charge in [-0.2, -0.15) is 0 Å². The molecule has 2 N–H and O–H groups in total. The minimum atomic E-state index is -0.529. The highest BCUT2D eigenvalue weighted by molar-refractivity contribution is 5.73. The van der Waals surface area contributed by atoms with Crippen LogP contribution in [0.4, 0.5) is 4.79 Å². The molecule has 1 heterocycles. The van der Waals surface area contributed by atoms with Crippen LogP contribution in [0.1, 0.15) is 18.1 Å². The van der Waals surface area contributed by atoms with Gasteiger partial charge >= 0.3 is 6.03 Å². The van der Waals surface area contributed by atoms with Crippen LogP contribution in [0.2, 0.25) is 0 Å². The zero-order valence-electron chi connectivity index (χ0n) is 12.9. The summed E-state index contributed by atoms with van der Waals surface area (Å²) in [4.78, 5) is 17.3. The molecule has 118 valence electrons. The second-order valence-corrected chi connectivity index (χ2v) is 5.44. The molecule has 0 aliphatic carbocycles. The van der Waals surface area contributed by atoms with E-state index in [1.807, 2.05) is 35.0 Å². The number of carbonyl (C=O) groups is 1. The molecule has 0 bridgehead atoms. The van der Waals surface area contributed by atoms with Gasteiger partial charge in [-0.15, -0.1) is 0 Å². The fourth-order valence-corrected chi connectivity index (χ4v) is 2.15. The summed E-state index contributed by atoms with van der Waals surface area (Å²) in [6.45, 7) is 3.22. The van der Waals surface area contributed by atoms with Gasteiger partial charge in [0.2, 0.25) is 0 Å². The second kappa shape index (κ2) is 7.61. The number of hydrogen-bond donors (Lipinski definition) is 2. The third-order valence-electron chi connectivity index (χ3n) is 3.28. The number of aromatic nitrogens is 2. The first-order valence-electron chi connectivity index (χ1n) is 7.25. The van der Waals surface area contributed by atoms with Crippen molar-refractivity contribution in [2.75, 3.05) is 13.6 Å². The van der Waals surface area contributed by atoms with Gasteiger partial charge in [0.15, 0.2) is 0 Å². The number of urea groups is 1. The fourth-order valence-electron chi connectivity index (χ4n) is 2.15. The van der Waals surface area contributed by atoms with Crippen LogP contribution in [0, 0.1) is 0 Å². The van der Waals surface area contributed by atoms with Crippen molar-refractivity contribution in [3.63, 3.8) is 0 Å². The van der Waals surface area contributed by atoms with Crippen molar-refractivity contribution in [3.05, 3.63) is 54.1 Å². The first-order chi connectivity index (χ1) is 10.5. The van der Waals surface area contributed by atoms with Crippen molar-refractivity contribution >= 4 is 6.03 Å². The van der Waals surface area contributed by atoms with Gasteiger partial charge in [-0.1, -0.05) is 24.3 Å². The minimum Gasteiger partial charge on any atom is -0.392 e. The molecule has 0 saturated carbocycles. The number of imidazole rings is 1. The van der Waals surface area contributed by atoms with Crippen LogP contribution in [0.15, 0.2) is 43.0 Å². The first-order valence-corrected chi connectivity index (χ1v) is 7.25. The highest BCUT2D eigenvalue weighted by Crippen LogP contribution is 2.06. The van der Waals surface area contributed by atoms with E-state index in [0.29, 0.717) is 13.1 Å². The van der Waals surface area contributed by atoms with Crippen molar-refractivity contribution in [2.24, 2.45) is 0 Å². The van der Waals surface area contributed by atoms with Gasteiger partial charge in [0.1, 0.15) is 0 Å². The van der Waals surface area contributed by atoms with Crippen molar-refractivity contribution in [1.29, 1.82) is 0 Å². The lowest BCUT2D eigenvalue weighted by atomic mass is 10.1. The number of nitrogens with one attached hydrogen (secondary N) is 1. The van der Waals surface area contributed by atoms with E-state index in [1.54, 1.807) is 26.5 Å². The average Bonchev–Trinajstić information content (AvgIpc) is 2.98. The summed E-state index contributed by atoms with van der Waals surface area (Å²) in [5, 5.41) is 12.1. The van der Waals surface area contributed by atoms with E-state index in [9.17, 15) is 9.90 Å². The van der Waals surface area contributed by atoms with Gasteiger partial charge in [0.05, 0.1) is 12.4 Å². The smallest absolute Gasteiger partial charge is 0.317 e. The maximum absolute atomic E-state index is 11.8. The van der Waals surface area contributed by atoms with E-state index in [-0.39, 0.29) is 6.03 Å². The molecular weight excluding hydrogens is 280 g/mol. The normalized spacial score (nSPS) is 12.0. The summed E-state index contributed by atoms with van der Waals surface area (Å²) < 4.78 is 2.00. The monoisotopic (exact) mass is 302 g/mol. The number of aliphatic hydroxyl groups is 1. The highest BCUT2D eigenvalue weighted by Gasteiger charge is 2.10. The molecule has 1 aromatic heterocycles. The number of amides is 2. The Kier molecular flexibility index (Phi) is 5.55.